The van der Waals surface area contributed by atoms with Gasteiger partial charge in [0, 0.05) is 18.6 Å². The second-order valence-corrected chi connectivity index (χ2v) is 4.53. The van der Waals surface area contributed by atoms with Crippen LogP contribution in [0.25, 0.3) is 0 Å². The number of carbonyl (C=O) groups excluding carboxylic acids is 2. The SMILES string of the molecule is CCOC(=O)c1cn(C)nc1NC(=O)c1ccsc1. The molecule has 2 aromatic heterocycles. The van der Waals surface area contributed by atoms with E-state index in [2.05, 4.69) is 10.4 Å². The number of rotatable bonds is 4. The Balaban J connectivity index is 2.20. The van der Waals surface area contributed by atoms with Crippen LogP contribution >= 0.6 is 11.3 Å². The van der Waals surface area contributed by atoms with Crippen LogP contribution in [0, 0.1) is 0 Å². The summed E-state index contributed by atoms with van der Waals surface area (Å²) in [5.74, 6) is -0.598. The predicted octanol–water partition coefficient (Wildman–Crippen LogP) is 1.91. The highest BCUT2D eigenvalue weighted by atomic mass is 32.1. The molecule has 2 aromatic rings. The van der Waals surface area contributed by atoms with Gasteiger partial charge in [0.15, 0.2) is 5.82 Å². The van der Waals surface area contributed by atoms with Crippen molar-refractivity contribution in [2.75, 3.05) is 11.9 Å². The summed E-state index contributed by atoms with van der Waals surface area (Å²) in [5.41, 5.74) is 0.776. The monoisotopic (exact) mass is 279 g/mol. The highest BCUT2D eigenvalue weighted by molar-refractivity contribution is 7.08. The molecule has 6 nitrogen and oxygen atoms in total. The van der Waals surface area contributed by atoms with Crippen molar-refractivity contribution in [3.63, 3.8) is 0 Å². The van der Waals surface area contributed by atoms with E-state index in [1.54, 1.807) is 30.8 Å². The number of anilines is 1. The topological polar surface area (TPSA) is 73.2 Å². The van der Waals surface area contributed by atoms with Crippen LogP contribution in [-0.2, 0) is 11.8 Å². The summed E-state index contributed by atoms with van der Waals surface area (Å²) in [6.07, 6.45) is 1.52. The molecule has 2 heterocycles. The number of hydrogen-bond donors (Lipinski definition) is 1. The molecule has 0 aliphatic rings. The molecule has 7 heteroatoms. The summed E-state index contributed by atoms with van der Waals surface area (Å²) in [7, 11) is 1.67. The Morgan fingerprint density at radius 1 is 1.53 bits per heavy atom. The highest BCUT2D eigenvalue weighted by Crippen LogP contribution is 2.16. The fraction of sp³-hybridized carbons (Fsp3) is 0.250. The first kappa shape index (κ1) is 13.3. The molecule has 0 aromatic carbocycles. The first-order valence-corrected chi connectivity index (χ1v) is 6.60. The molecule has 19 heavy (non-hydrogen) atoms. The van der Waals surface area contributed by atoms with Gasteiger partial charge in [-0.25, -0.2) is 4.79 Å². The lowest BCUT2D eigenvalue weighted by Gasteiger charge is -2.03. The minimum absolute atomic E-state index is 0.206. The third-order valence-electron chi connectivity index (χ3n) is 2.34. The van der Waals surface area contributed by atoms with Gasteiger partial charge < -0.3 is 10.1 Å². The molecule has 1 N–H and O–H groups in total. The third-order valence-corrected chi connectivity index (χ3v) is 3.02. The molecule has 1 amide bonds. The van der Waals surface area contributed by atoms with E-state index in [0.29, 0.717) is 5.56 Å². The van der Waals surface area contributed by atoms with E-state index in [4.69, 9.17) is 4.74 Å². The van der Waals surface area contributed by atoms with Gasteiger partial charge in [-0.05, 0) is 18.4 Å². The maximum Gasteiger partial charge on any atom is 0.343 e. The molecule has 0 bridgehead atoms. The van der Waals surface area contributed by atoms with Gasteiger partial charge >= 0.3 is 5.97 Å². The van der Waals surface area contributed by atoms with Gasteiger partial charge in [0.2, 0.25) is 0 Å². The minimum Gasteiger partial charge on any atom is -0.462 e. The average Bonchev–Trinajstić information content (AvgIpc) is 2.98. The van der Waals surface area contributed by atoms with Crippen LogP contribution in [0.3, 0.4) is 0 Å². The molecule has 0 aliphatic heterocycles. The van der Waals surface area contributed by atoms with Gasteiger partial charge in [0.05, 0.1) is 12.2 Å². The Hall–Kier alpha value is -2.15. The van der Waals surface area contributed by atoms with Crippen molar-refractivity contribution < 1.29 is 14.3 Å². The smallest absolute Gasteiger partial charge is 0.343 e. The van der Waals surface area contributed by atoms with E-state index in [-0.39, 0.29) is 23.9 Å². The maximum absolute atomic E-state index is 11.9. The number of esters is 1. The standard InChI is InChI=1S/C12H13N3O3S/c1-3-18-12(17)9-6-15(2)14-10(9)13-11(16)8-4-5-19-7-8/h4-7H,3H2,1-2H3,(H,13,14,16). The zero-order chi connectivity index (χ0) is 13.8. The number of amides is 1. The second-order valence-electron chi connectivity index (χ2n) is 3.75. The quantitative estimate of drug-likeness (QED) is 0.868. The predicted molar refractivity (Wildman–Crippen MR) is 71.4 cm³/mol. The lowest BCUT2D eigenvalue weighted by atomic mass is 10.3. The fourth-order valence-corrected chi connectivity index (χ4v) is 2.15. The number of thiophene rings is 1. The van der Waals surface area contributed by atoms with Gasteiger partial charge in [-0.15, -0.1) is 0 Å². The van der Waals surface area contributed by atoms with Crippen LogP contribution in [0.5, 0.6) is 0 Å². The molecular weight excluding hydrogens is 266 g/mol. The Morgan fingerprint density at radius 3 is 2.95 bits per heavy atom. The molecular formula is C12H13N3O3S. The summed E-state index contributed by atoms with van der Waals surface area (Å²) >= 11 is 1.42. The average molecular weight is 279 g/mol. The van der Waals surface area contributed by atoms with Gasteiger partial charge in [0.1, 0.15) is 5.56 Å². The van der Waals surface area contributed by atoms with Gasteiger partial charge in [-0.3, -0.25) is 9.48 Å². The molecule has 2 rings (SSSR count). The summed E-state index contributed by atoms with van der Waals surface area (Å²) in [6, 6.07) is 1.70. The molecule has 0 atom stereocenters. The van der Waals surface area contributed by atoms with Crippen LogP contribution in [0.1, 0.15) is 27.6 Å². The van der Waals surface area contributed by atoms with Crippen molar-refractivity contribution in [1.29, 1.82) is 0 Å². The van der Waals surface area contributed by atoms with E-state index in [9.17, 15) is 9.59 Å². The van der Waals surface area contributed by atoms with Crippen molar-refractivity contribution in [2.45, 2.75) is 6.92 Å². The van der Waals surface area contributed by atoms with Crippen molar-refractivity contribution in [2.24, 2.45) is 7.05 Å². The molecule has 0 aliphatic carbocycles. The first-order chi connectivity index (χ1) is 9.11. The number of aromatic nitrogens is 2. The van der Waals surface area contributed by atoms with Crippen molar-refractivity contribution >= 4 is 29.0 Å². The lowest BCUT2D eigenvalue weighted by Crippen LogP contribution is -2.14. The van der Waals surface area contributed by atoms with Gasteiger partial charge in [-0.1, -0.05) is 0 Å². The number of nitrogens with one attached hydrogen (secondary N) is 1. The van der Waals surface area contributed by atoms with Crippen molar-refractivity contribution in [3.05, 3.63) is 34.2 Å². The normalized spacial score (nSPS) is 10.2. The number of ether oxygens (including phenoxy) is 1. The van der Waals surface area contributed by atoms with Crippen molar-refractivity contribution in [3.8, 4) is 0 Å². The zero-order valence-electron chi connectivity index (χ0n) is 10.5. The molecule has 0 spiro atoms. The Kier molecular flexibility index (Phi) is 3.96. The molecule has 0 radical (unpaired) electrons. The molecule has 0 saturated carbocycles. The van der Waals surface area contributed by atoms with Gasteiger partial charge in [0.25, 0.3) is 5.91 Å². The van der Waals surface area contributed by atoms with Crippen LogP contribution < -0.4 is 5.32 Å². The summed E-state index contributed by atoms with van der Waals surface area (Å²) in [5, 5.41) is 10.2. The molecule has 100 valence electrons. The van der Waals surface area contributed by atoms with E-state index < -0.39 is 5.97 Å². The zero-order valence-corrected chi connectivity index (χ0v) is 11.4. The van der Waals surface area contributed by atoms with E-state index in [1.165, 1.54) is 22.2 Å². The summed E-state index contributed by atoms with van der Waals surface area (Å²) in [4.78, 5) is 23.6. The Labute approximate surface area is 114 Å². The number of nitrogens with zero attached hydrogens (tertiary/aromatic N) is 2. The molecule has 0 saturated heterocycles. The van der Waals surface area contributed by atoms with Crippen LogP contribution in [0.2, 0.25) is 0 Å². The molecule has 0 unspecified atom stereocenters. The van der Waals surface area contributed by atoms with Crippen LogP contribution in [-0.4, -0.2) is 28.3 Å². The summed E-state index contributed by atoms with van der Waals surface area (Å²) in [6.45, 7) is 1.99. The Bertz CT molecular complexity index is 589. The first-order valence-electron chi connectivity index (χ1n) is 5.66. The van der Waals surface area contributed by atoms with E-state index in [1.807, 2.05) is 0 Å². The van der Waals surface area contributed by atoms with Crippen molar-refractivity contribution in [1.82, 2.24) is 9.78 Å². The van der Waals surface area contributed by atoms with E-state index in [0.717, 1.165) is 0 Å². The third kappa shape index (κ3) is 3.00. The maximum atomic E-state index is 11.9. The van der Waals surface area contributed by atoms with Crippen LogP contribution in [0.4, 0.5) is 5.82 Å². The fourth-order valence-electron chi connectivity index (χ4n) is 1.51. The highest BCUT2D eigenvalue weighted by Gasteiger charge is 2.19. The second kappa shape index (κ2) is 5.66. The van der Waals surface area contributed by atoms with Gasteiger partial charge in [-0.2, -0.15) is 16.4 Å². The van der Waals surface area contributed by atoms with E-state index >= 15 is 0 Å². The largest absolute Gasteiger partial charge is 0.462 e. The lowest BCUT2D eigenvalue weighted by molar-refractivity contribution is 0.0527. The minimum atomic E-state index is -0.504. The number of aryl methyl sites for hydroxylation is 1. The Morgan fingerprint density at radius 2 is 2.32 bits per heavy atom. The molecule has 0 fully saturated rings. The summed E-state index contributed by atoms with van der Waals surface area (Å²) < 4.78 is 6.37. The van der Waals surface area contributed by atoms with Crippen LogP contribution in [0.15, 0.2) is 23.0 Å². The number of carbonyl (C=O) groups is 2. The number of hydrogen-bond acceptors (Lipinski definition) is 5.